The fraction of sp³-hybridized carbons (Fsp3) is 0.400. The summed E-state index contributed by atoms with van der Waals surface area (Å²) >= 11 is 1.33. The van der Waals surface area contributed by atoms with Crippen LogP contribution in [0, 0.1) is 12.7 Å². The van der Waals surface area contributed by atoms with E-state index in [0.29, 0.717) is 35.5 Å². The van der Waals surface area contributed by atoms with E-state index in [2.05, 4.69) is 10.6 Å². The maximum absolute atomic E-state index is 13.8. The van der Waals surface area contributed by atoms with Crippen LogP contribution < -0.4 is 10.6 Å². The van der Waals surface area contributed by atoms with Crippen molar-refractivity contribution in [2.24, 2.45) is 0 Å². The maximum Gasteiger partial charge on any atom is 0.261 e. The largest absolute Gasteiger partial charge is 0.383 e. The van der Waals surface area contributed by atoms with Crippen LogP contribution in [0.2, 0.25) is 0 Å². The Bertz CT molecular complexity index is 627. The fourth-order valence-electron chi connectivity index (χ4n) is 2.11. The topological polar surface area (TPSA) is 50.4 Å². The van der Waals surface area contributed by atoms with Crippen LogP contribution in [-0.2, 0) is 4.74 Å². The molecule has 0 aliphatic rings. The molecule has 0 radical (unpaired) electrons. The lowest BCUT2D eigenvalue weighted by atomic mass is 10.1. The van der Waals surface area contributed by atoms with Crippen LogP contribution in [0.25, 0.3) is 10.1 Å². The second-order valence-electron chi connectivity index (χ2n) is 4.67. The molecular formula is C15H19FN2O2S. The number of thiophene rings is 1. The van der Waals surface area contributed by atoms with E-state index in [9.17, 15) is 9.18 Å². The Labute approximate surface area is 127 Å². The van der Waals surface area contributed by atoms with Crippen molar-refractivity contribution in [3.63, 3.8) is 0 Å². The van der Waals surface area contributed by atoms with Crippen LogP contribution in [0.1, 0.15) is 15.2 Å². The molecule has 21 heavy (non-hydrogen) atoms. The molecule has 0 aliphatic carbocycles. The van der Waals surface area contributed by atoms with Gasteiger partial charge in [0.1, 0.15) is 5.82 Å². The van der Waals surface area contributed by atoms with Gasteiger partial charge in [-0.1, -0.05) is 6.07 Å². The first kappa shape index (κ1) is 15.9. The Morgan fingerprint density at radius 1 is 1.33 bits per heavy atom. The molecule has 0 fully saturated rings. The molecule has 2 rings (SSSR count). The second kappa shape index (κ2) is 7.49. The van der Waals surface area contributed by atoms with Gasteiger partial charge in [-0.15, -0.1) is 11.3 Å². The standard InChI is InChI=1S/C15H19FN2O2S/c1-10-13-11(16)4-3-5-12(13)21-14(10)15(19)18-7-6-17-8-9-20-2/h3-5,17H,6-9H2,1-2H3,(H,18,19). The highest BCUT2D eigenvalue weighted by atomic mass is 32.1. The molecule has 6 heteroatoms. The molecule has 1 aromatic heterocycles. The molecule has 0 unspecified atom stereocenters. The van der Waals surface area contributed by atoms with Crippen molar-refractivity contribution < 1.29 is 13.9 Å². The highest BCUT2D eigenvalue weighted by molar-refractivity contribution is 7.21. The zero-order valence-electron chi connectivity index (χ0n) is 12.2. The number of hydrogen-bond acceptors (Lipinski definition) is 4. The number of benzene rings is 1. The van der Waals surface area contributed by atoms with Crippen LogP contribution >= 0.6 is 11.3 Å². The summed E-state index contributed by atoms with van der Waals surface area (Å²) < 4.78 is 19.5. The third-order valence-corrected chi connectivity index (χ3v) is 4.44. The number of methoxy groups -OCH3 is 1. The molecule has 0 aliphatic heterocycles. The van der Waals surface area contributed by atoms with E-state index in [-0.39, 0.29) is 11.7 Å². The monoisotopic (exact) mass is 310 g/mol. The Balaban J connectivity index is 1.97. The number of fused-ring (bicyclic) bond motifs is 1. The molecule has 1 aromatic carbocycles. The van der Waals surface area contributed by atoms with Crippen LogP contribution in [-0.4, -0.2) is 39.3 Å². The lowest BCUT2D eigenvalue weighted by molar-refractivity contribution is 0.0957. The van der Waals surface area contributed by atoms with Crippen molar-refractivity contribution in [3.8, 4) is 0 Å². The van der Waals surface area contributed by atoms with Gasteiger partial charge in [-0.2, -0.15) is 0 Å². The molecule has 0 spiro atoms. The SMILES string of the molecule is COCCNCCNC(=O)c1sc2cccc(F)c2c1C. The van der Waals surface area contributed by atoms with E-state index >= 15 is 0 Å². The predicted molar refractivity (Wildman–Crippen MR) is 83.6 cm³/mol. The molecule has 2 N–H and O–H groups in total. The van der Waals surface area contributed by atoms with Gasteiger partial charge >= 0.3 is 0 Å². The minimum Gasteiger partial charge on any atom is -0.383 e. The normalized spacial score (nSPS) is 11.0. The Kier molecular flexibility index (Phi) is 5.67. The van der Waals surface area contributed by atoms with E-state index < -0.39 is 0 Å². The number of aryl methyl sites for hydroxylation is 1. The Morgan fingerprint density at radius 3 is 2.86 bits per heavy atom. The first-order valence-electron chi connectivity index (χ1n) is 6.80. The minimum absolute atomic E-state index is 0.151. The van der Waals surface area contributed by atoms with E-state index in [1.54, 1.807) is 20.1 Å². The van der Waals surface area contributed by atoms with Crippen LogP contribution in [0.4, 0.5) is 4.39 Å². The summed E-state index contributed by atoms with van der Waals surface area (Å²) in [6.45, 7) is 4.38. The quantitative estimate of drug-likeness (QED) is 0.772. The van der Waals surface area contributed by atoms with E-state index in [0.717, 1.165) is 11.2 Å². The van der Waals surface area contributed by atoms with Gasteiger partial charge < -0.3 is 15.4 Å². The van der Waals surface area contributed by atoms with Crippen molar-refractivity contribution in [2.75, 3.05) is 33.4 Å². The summed E-state index contributed by atoms with van der Waals surface area (Å²) in [5, 5.41) is 6.54. The highest BCUT2D eigenvalue weighted by Crippen LogP contribution is 2.32. The smallest absolute Gasteiger partial charge is 0.261 e. The third-order valence-electron chi connectivity index (χ3n) is 3.18. The van der Waals surface area contributed by atoms with Crippen molar-refractivity contribution in [1.82, 2.24) is 10.6 Å². The number of amides is 1. The van der Waals surface area contributed by atoms with E-state index in [4.69, 9.17) is 4.74 Å². The summed E-state index contributed by atoms with van der Waals surface area (Å²) in [4.78, 5) is 12.7. The van der Waals surface area contributed by atoms with Gasteiger partial charge in [-0.25, -0.2) is 4.39 Å². The summed E-state index contributed by atoms with van der Waals surface area (Å²) in [6.07, 6.45) is 0. The predicted octanol–water partition coefficient (Wildman–Crippen LogP) is 2.31. The average molecular weight is 310 g/mol. The summed E-state index contributed by atoms with van der Waals surface area (Å²) in [7, 11) is 1.65. The lowest BCUT2D eigenvalue weighted by Gasteiger charge is -2.06. The zero-order valence-corrected chi connectivity index (χ0v) is 13.0. The molecule has 1 heterocycles. The summed E-state index contributed by atoms with van der Waals surface area (Å²) in [5.74, 6) is -0.428. The van der Waals surface area contributed by atoms with Gasteiger partial charge in [0.05, 0.1) is 11.5 Å². The number of carbonyl (C=O) groups excluding carboxylic acids is 1. The second-order valence-corrected chi connectivity index (χ2v) is 5.72. The first-order chi connectivity index (χ1) is 10.1. The minimum atomic E-state index is -0.276. The van der Waals surface area contributed by atoms with E-state index in [1.165, 1.54) is 17.4 Å². The molecule has 0 saturated heterocycles. The van der Waals surface area contributed by atoms with Gasteiger partial charge in [-0.05, 0) is 24.6 Å². The van der Waals surface area contributed by atoms with Gasteiger partial charge in [0, 0.05) is 36.8 Å². The van der Waals surface area contributed by atoms with Crippen LogP contribution in [0.3, 0.4) is 0 Å². The maximum atomic E-state index is 13.8. The summed E-state index contributed by atoms with van der Waals surface area (Å²) in [6, 6.07) is 4.91. The molecule has 0 saturated carbocycles. The third kappa shape index (κ3) is 3.78. The van der Waals surface area contributed by atoms with Gasteiger partial charge in [0.2, 0.25) is 0 Å². The van der Waals surface area contributed by atoms with Crippen LogP contribution in [0.15, 0.2) is 18.2 Å². The molecule has 4 nitrogen and oxygen atoms in total. The number of rotatable bonds is 7. The van der Waals surface area contributed by atoms with Gasteiger partial charge in [0.25, 0.3) is 5.91 Å². The number of carbonyl (C=O) groups is 1. The molecular weight excluding hydrogens is 291 g/mol. The fourth-order valence-corrected chi connectivity index (χ4v) is 3.25. The van der Waals surface area contributed by atoms with Crippen molar-refractivity contribution in [2.45, 2.75) is 6.92 Å². The number of ether oxygens (including phenoxy) is 1. The zero-order chi connectivity index (χ0) is 15.2. The molecule has 0 atom stereocenters. The molecule has 1 amide bonds. The van der Waals surface area contributed by atoms with Crippen LogP contribution in [0.5, 0.6) is 0 Å². The van der Waals surface area contributed by atoms with Crippen molar-refractivity contribution in [1.29, 1.82) is 0 Å². The van der Waals surface area contributed by atoms with Crippen molar-refractivity contribution >= 4 is 27.3 Å². The van der Waals surface area contributed by atoms with Crippen molar-refractivity contribution in [3.05, 3.63) is 34.5 Å². The molecule has 2 aromatic rings. The molecule has 0 bridgehead atoms. The average Bonchev–Trinajstić information content (AvgIpc) is 2.81. The lowest BCUT2D eigenvalue weighted by Crippen LogP contribution is -2.32. The van der Waals surface area contributed by atoms with Gasteiger partial charge in [-0.3, -0.25) is 4.79 Å². The Morgan fingerprint density at radius 2 is 2.14 bits per heavy atom. The first-order valence-corrected chi connectivity index (χ1v) is 7.62. The molecule has 114 valence electrons. The van der Waals surface area contributed by atoms with Gasteiger partial charge in [0.15, 0.2) is 0 Å². The number of hydrogen-bond donors (Lipinski definition) is 2. The Hall–Kier alpha value is -1.50. The number of halogens is 1. The highest BCUT2D eigenvalue weighted by Gasteiger charge is 2.17. The summed E-state index contributed by atoms with van der Waals surface area (Å²) in [5.41, 5.74) is 0.706. The van der Waals surface area contributed by atoms with E-state index in [1.807, 2.05) is 6.07 Å². The number of nitrogens with one attached hydrogen (secondary N) is 2.